The van der Waals surface area contributed by atoms with Crippen molar-refractivity contribution >= 4 is 39.0 Å². The molecule has 238 valence electrons. The summed E-state index contributed by atoms with van der Waals surface area (Å²) >= 11 is 6.40. The standard InChI is InChI=1S/C34H44ClN3O5S/c1-21-14-27(37(3)4)17-31(39)28-10-7-25(28)18-38-19-34(13-5-6-23-15-26(35)9-11-29(23)34)20-43-32-12-8-24(16-30(32)38)33(40)36-44(41,42)22(21)2/h8-9,11-12,15-16,21-22,25,27-28H,5-7,10,13-14,17-20H2,1-4H3,(H,36,40)/t21-,22+,25-,27-,28+,34-/m0/s1. The zero-order valence-corrected chi connectivity index (χ0v) is 27.7. The highest BCUT2D eigenvalue weighted by atomic mass is 35.5. The Balaban J connectivity index is 1.42. The van der Waals surface area contributed by atoms with Gasteiger partial charge in [-0.3, -0.25) is 9.59 Å². The molecule has 2 bridgehead atoms. The number of fused-ring (bicyclic) bond motifs is 4. The lowest BCUT2D eigenvalue weighted by Crippen LogP contribution is -2.49. The predicted octanol–water partition coefficient (Wildman–Crippen LogP) is 5.22. The van der Waals surface area contributed by atoms with Crippen LogP contribution in [0, 0.1) is 17.8 Å². The molecule has 2 aromatic rings. The van der Waals surface area contributed by atoms with E-state index in [4.69, 9.17) is 16.3 Å². The quantitative estimate of drug-likeness (QED) is 0.456. The number of ketones is 1. The molecule has 0 saturated heterocycles. The number of sulfonamides is 1. The van der Waals surface area contributed by atoms with Crippen molar-refractivity contribution in [3.8, 4) is 5.75 Å². The van der Waals surface area contributed by atoms with Crippen LogP contribution in [0.25, 0.3) is 0 Å². The van der Waals surface area contributed by atoms with Gasteiger partial charge in [-0.05, 0) is 113 Å². The second-order valence-corrected chi connectivity index (χ2v) is 16.4. The van der Waals surface area contributed by atoms with Crippen LogP contribution in [0.3, 0.4) is 0 Å². The number of anilines is 1. The SMILES string of the molecule is C[C@@H]1[C@@H](C)C[C@H](N(C)C)CC(=O)[C@@H]2CC[C@H]2CN2C[C@@]3(CCCc4cc(Cl)ccc43)COc3ccc(cc32)C(=O)NS1(=O)=O. The van der Waals surface area contributed by atoms with Crippen molar-refractivity contribution in [1.29, 1.82) is 0 Å². The third-order valence-corrected chi connectivity index (χ3v) is 13.1. The highest BCUT2D eigenvalue weighted by Crippen LogP contribution is 2.46. The zero-order chi connectivity index (χ0) is 31.4. The fourth-order valence-corrected chi connectivity index (χ4v) is 9.30. The topological polar surface area (TPSA) is 96.0 Å². The lowest BCUT2D eigenvalue weighted by Gasteiger charge is -2.44. The van der Waals surface area contributed by atoms with Crippen molar-refractivity contribution in [1.82, 2.24) is 9.62 Å². The summed E-state index contributed by atoms with van der Waals surface area (Å²) in [6, 6.07) is 11.3. The smallest absolute Gasteiger partial charge is 0.264 e. The fraction of sp³-hybridized carbons (Fsp3) is 0.588. The van der Waals surface area contributed by atoms with Gasteiger partial charge in [0.1, 0.15) is 11.5 Å². The number of nitrogens with zero attached hydrogens (tertiary/aromatic N) is 2. The lowest BCUT2D eigenvalue weighted by molar-refractivity contribution is -0.129. The van der Waals surface area contributed by atoms with E-state index in [1.807, 2.05) is 32.0 Å². The normalized spacial score (nSPS) is 32.1. The maximum absolute atomic E-state index is 13.8. The molecule has 6 rings (SSSR count). The van der Waals surface area contributed by atoms with E-state index in [1.165, 1.54) is 11.1 Å². The van der Waals surface area contributed by atoms with Crippen molar-refractivity contribution < 1.29 is 22.7 Å². The monoisotopic (exact) mass is 641 g/mol. The minimum atomic E-state index is -3.97. The predicted molar refractivity (Wildman–Crippen MR) is 173 cm³/mol. The van der Waals surface area contributed by atoms with E-state index < -0.39 is 21.2 Å². The van der Waals surface area contributed by atoms with Gasteiger partial charge in [0.05, 0.1) is 17.5 Å². The van der Waals surface area contributed by atoms with Gasteiger partial charge in [-0.2, -0.15) is 0 Å². The summed E-state index contributed by atoms with van der Waals surface area (Å²) in [5.74, 6) is 0.191. The minimum absolute atomic E-state index is 0.0330. The van der Waals surface area contributed by atoms with E-state index in [-0.39, 0.29) is 40.6 Å². The van der Waals surface area contributed by atoms with Crippen LogP contribution in [0.15, 0.2) is 36.4 Å². The number of ether oxygens (including phenoxy) is 1. The molecular formula is C34H44ClN3O5S. The molecule has 0 aromatic heterocycles. The van der Waals surface area contributed by atoms with Crippen molar-refractivity contribution in [2.45, 2.75) is 75.5 Å². The molecule has 8 nitrogen and oxygen atoms in total. The molecule has 6 atom stereocenters. The summed E-state index contributed by atoms with van der Waals surface area (Å²) in [6.45, 7) is 5.35. The first-order valence-electron chi connectivity index (χ1n) is 15.9. The molecule has 0 radical (unpaired) electrons. The maximum atomic E-state index is 13.8. The first kappa shape index (κ1) is 31.4. The first-order valence-corrected chi connectivity index (χ1v) is 17.8. The molecule has 0 unspecified atom stereocenters. The van der Waals surface area contributed by atoms with Crippen LogP contribution in [0.1, 0.15) is 73.9 Å². The molecule has 2 aliphatic heterocycles. The van der Waals surface area contributed by atoms with Gasteiger partial charge in [-0.15, -0.1) is 0 Å². The Bertz CT molecular complexity index is 1560. The average molecular weight is 642 g/mol. The fourth-order valence-electron chi connectivity index (χ4n) is 7.82. The van der Waals surface area contributed by atoms with Gasteiger partial charge >= 0.3 is 0 Å². The number of nitrogens with one attached hydrogen (secondary N) is 1. The summed E-state index contributed by atoms with van der Waals surface area (Å²) in [5, 5.41) is -0.0847. The van der Waals surface area contributed by atoms with E-state index >= 15 is 0 Å². The van der Waals surface area contributed by atoms with Crippen LogP contribution in [-0.4, -0.2) is 70.1 Å². The van der Waals surface area contributed by atoms with Gasteiger partial charge < -0.3 is 14.5 Å². The highest BCUT2D eigenvalue weighted by Gasteiger charge is 2.45. The summed E-state index contributed by atoms with van der Waals surface area (Å²) in [4.78, 5) is 31.6. The summed E-state index contributed by atoms with van der Waals surface area (Å²) in [5.41, 5.74) is 3.25. The third-order valence-electron chi connectivity index (χ3n) is 10.9. The summed E-state index contributed by atoms with van der Waals surface area (Å²) < 4.78 is 35.7. The average Bonchev–Trinajstić information content (AvgIpc) is 3.10. The highest BCUT2D eigenvalue weighted by molar-refractivity contribution is 7.90. The van der Waals surface area contributed by atoms with Gasteiger partial charge in [0.25, 0.3) is 5.91 Å². The lowest BCUT2D eigenvalue weighted by atomic mass is 9.68. The number of amides is 1. The molecule has 1 N–H and O–H groups in total. The van der Waals surface area contributed by atoms with E-state index in [9.17, 15) is 18.0 Å². The number of rotatable bonds is 1. The van der Waals surface area contributed by atoms with E-state index in [0.717, 1.165) is 42.8 Å². The number of halogens is 1. The Morgan fingerprint density at radius 1 is 1.09 bits per heavy atom. The van der Waals surface area contributed by atoms with Crippen molar-refractivity contribution in [2.24, 2.45) is 17.8 Å². The van der Waals surface area contributed by atoms with Crippen molar-refractivity contribution in [3.05, 3.63) is 58.1 Å². The molecule has 1 spiro atoms. The summed E-state index contributed by atoms with van der Waals surface area (Å²) in [7, 11) is -0.0735. The number of aryl methyl sites for hydroxylation is 1. The Morgan fingerprint density at radius 2 is 1.89 bits per heavy atom. The second kappa shape index (κ2) is 12.0. The van der Waals surface area contributed by atoms with Gasteiger partial charge in [-0.1, -0.05) is 24.6 Å². The molecule has 10 heteroatoms. The van der Waals surface area contributed by atoms with E-state index in [1.54, 1.807) is 25.1 Å². The number of hydrogen-bond acceptors (Lipinski definition) is 7. The van der Waals surface area contributed by atoms with Crippen LogP contribution < -0.4 is 14.4 Å². The van der Waals surface area contributed by atoms with Crippen LogP contribution in [0.4, 0.5) is 5.69 Å². The maximum Gasteiger partial charge on any atom is 0.264 e. The van der Waals surface area contributed by atoms with Crippen LogP contribution in [-0.2, 0) is 26.7 Å². The Labute approximate surface area is 266 Å². The van der Waals surface area contributed by atoms with Gasteiger partial charge in [0.15, 0.2) is 0 Å². The molecule has 2 aliphatic carbocycles. The van der Waals surface area contributed by atoms with Gasteiger partial charge in [0, 0.05) is 47.5 Å². The number of carbonyl (C=O) groups excluding carboxylic acids is 2. The van der Waals surface area contributed by atoms with Crippen LogP contribution >= 0.6 is 11.6 Å². The van der Waals surface area contributed by atoms with Crippen LogP contribution in [0.2, 0.25) is 5.02 Å². The van der Waals surface area contributed by atoms with Crippen LogP contribution in [0.5, 0.6) is 5.75 Å². The molecule has 1 saturated carbocycles. The number of hydrogen-bond donors (Lipinski definition) is 1. The molecular weight excluding hydrogens is 598 g/mol. The number of benzene rings is 2. The largest absolute Gasteiger partial charge is 0.490 e. The molecule has 2 heterocycles. The number of Topliss-reactive ketones (excluding diaryl/α,β-unsaturated/α-hetero) is 1. The Morgan fingerprint density at radius 3 is 2.61 bits per heavy atom. The molecule has 2 aromatic carbocycles. The second-order valence-electron chi connectivity index (χ2n) is 13.9. The third kappa shape index (κ3) is 5.87. The Hall–Kier alpha value is -2.62. The first-order chi connectivity index (χ1) is 20.9. The van der Waals surface area contributed by atoms with Crippen molar-refractivity contribution in [2.75, 3.05) is 38.7 Å². The van der Waals surface area contributed by atoms with Gasteiger partial charge in [-0.25, -0.2) is 13.1 Å². The van der Waals surface area contributed by atoms with E-state index in [2.05, 4.69) is 21.8 Å². The Kier molecular flexibility index (Phi) is 8.52. The molecule has 1 fully saturated rings. The van der Waals surface area contributed by atoms with E-state index in [0.29, 0.717) is 38.3 Å². The molecule has 44 heavy (non-hydrogen) atoms. The molecule has 1 amide bonds. The minimum Gasteiger partial charge on any atom is -0.490 e. The summed E-state index contributed by atoms with van der Waals surface area (Å²) in [6.07, 6.45) is 5.70. The molecule has 4 aliphatic rings. The zero-order valence-electron chi connectivity index (χ0n) is 26.1. The van der Waals surface area contributed by atoms with Crippen molar-refractivity contribution in [3.63, 3.8) is 0 Å². The van der Waals surface area contributed by atoms with Gasteiger partial charge in [0.2, 0.25) is 10.0 Å². The number of carbonyl (C=O) groups is 2.